The van der Waals surface area contributed by atoms with Gasteiger partial charge in [0.25, 0.3) is 0 Å². The normalized spacial score (nSPS) is 16.1. The Hall–Kier alpha value is -0.800. The molecule has 14 heavy (non-hydrogen) atoms. The fourth-order valence-corrected chi connectivity index (χ4v) is 1.52. The summed E-state index contributed by atoms with van der Waals surface area (Å²) in [5.74, 6) is 0.846. The van der Waals surface area contributed by atoms with Crippen molar-refractivity contribution in [1.29, 1.82) is 0 Å². The lowest BCUT2D eigenvalue weighted by molar-refractivity contribution is 0.0674. The smallest absolute Gasteiger partial charge is 0.122 e. The first-order valence-corrected chi connectivity index (χ1v) is 5.26. The molecule has 0 atom stereocenters. The molecule has 0 aromatic carbocycles. The van der Waals surface area contributed by atoms with Gasteiger partial charge in [-0.2, -0.15) is 0 Å². The molecule has 0 amide bonds. The molecule has 0 bridgehead atoms. The summed E-state index contributed by atoms with van der Waals surface area (Å²) in [6, 6.07) is 4.18. The maximum absolute atomic E-state index is 5.62. The zero-order valence-corrected chi connectivity index (χ0v) is 8.70. The van der Waals surface area contributed by atoms with E-state index in [1.54, 1.807) is 0 Å². The maximum atomic E-state index is 5.62. The number of ether oxygens (including phenoxy) is 1. The molecule has 1 heterocycles. The first-order valence-electron chi connectivity index (χ1n) is 5.26. The minimum absolute atomic E-state index is 0.695. The summed E-state index contributed by atoms with van der Waals surface area (Å²) in [6.45, 7) is 2.53. The number of nitrogens with zero attached hydrogens (tertiary/aromatic N) is 1. The minimum Gasteiger partial charge on any atom is -0.361 e. The van der Waals surface area contributed by atoms with Gasteiger partial charge in [0, 0.05) is 18.4 Å². The van der Waals surface area contributed by atoms with Gasteiger partial charge in [-0.3, -0.25) is 0 Å². The van der Waals surface area contributed by atoms with E-state index in [4.69, 9.17) is 4.74 Å². The predicted molar refractivity (Wildman–Crippen MR) is 55.9 cm³/mol. The predicted octanol–water partition coefficient (Wildman–Crippen LogP) is 1.59. The summed E-state index contributed by atoms with van der Waals surface area (Å²) in [6.07, 6.45) is 4.78. The quantitative estimate of drug-likeness (QED) is 0.744. The van der Waals surface area contributed by atoms with Gasteiger partial charge in [-0.25, -0.2) is 0 Å². The van der Waals surface area contributed by atoms with Crippen molar-refractivity contribution >= 4 is 0 Å². The van der Waals surface area contributed by atoms with Crippen molar-refractivity contribution in [3.63, 3.8) is 0 Å². The van der Waals surface area contributed by atoms with Crippen molar-refractivity contribution in [3.8, 4) is 0 Å². The Balaban J connectivity index is 1.78. The topological polar surface area (TPSA) is 26.2 Å². The highest BCUT2D eigenvalue weighted by Crippen LogP contribution is 2.28. The van der Waals surface area contributed by atoms with Crippen molar-refractivity contribution in [2.45, 2.75) is 26.1 Å². The third kappa shape index (κ3) is 2.59. The Bertz CT molecular complexity index is 279. The highest BCUT2D eigenvalue weighted by molar-refractivity contribution is 5.06. The third-order valence-corrected chi connectivity index (χ3v) is 2.56. The number of hydrogen-bond donors (Lipinski definition) is 1. The van der Waals surface area contributed by atoms with Crippen LogP contribution in [0.3, 0.4) is 0 Å². The van der Waals surface area contributed by atoms with E-state index in [0.717, 1.165) is 19.1 Å². The molecule has 1 aliphatic carbocycles. The third-order valence-electron chi connectivity index (χ3n) is 2.56. The van der Waals surface area contributed by atoms with Gasteiger partial charge >= 0.3 is 0 Å². The molecule has 3 nitrogen and oxygen atoms in total. The average Bonchev–Trinajstić information content (AvgIpc) is 2.89. The van der Waals surface area contributed by atoms with Crippen LogP contribution in [0.15, 0.2) is 18.3 Å². The van der Waals surface area contributed by atoms with Gasteiger partial charge in [0.2, 0.25) is 0 Å². The summed E-state index contributed by atoms with van der Waals surface area (Å²) in [5.41, 5.74) is 1.28. The van der Waals surface area contributed by atoms with Crippen LogP contribution in [0.5, 0.6) is 0 Å². The summed E-state index contributed by atoms with van der Waals surface area (Å²) in [7, 11) is 1.96. The van der Waals surface area contributed by atoms with E-state index in [2.05, 4.69) is 28.2 Å². The summed E-state index contributed by atoms with van der Waals surface area (Å²) >= 11 is 0. The second-order valence-electron chi connectivity index (χ2n) is 3.94. The molecule has 1 fully saturated rings. The Morgan fingerprint density at radius 2 is 2.43 bits per heavy atom. The van der Waals surface area contributed by atoms with Gasteiger partial charge in [0.15, 0.2) is 0 Å². The molecule has 1 aliphatic rings. The Kier molecular flexibility index (Phi) is 3.22. The number of rotatable bonds is 6. The molecule has 0 spiro atoms. The molecule has 0 radical (unpaired) electrons. The second-order valence-corrected chi connectivity index (χ2v) is 3.94. The Morgan fingerprint density at radius 3 is 3.14 bits per heavy atom. The molecule has 1 saturated carbocycles. The second kappa shape index (κ2) is 4.62. The number of aromatic nitrogens is 1. The van der Waals surface area contributed by atoms with E-state index in [1.165, 1.54) is 18.5 Å². The zero-order chi connectivity index (χ0) is 9.80. The van der Waals surface area contributed by atoms with Gasteiger partial charge in [0.05, 0.1) is 6.61 Å². The van der Waals surface area contributed by atoms with Crippen LogP contribution < -0.4 is 5.32 Å². The molecular weight excluding hydrogens is 176 g/mol. The summed E-state index contributed by atoms with van der Waals surface area (Å²) in [4.78, 5) is 0. The van der Waals surface area contributed by atoms with Crippen LogP contribution in [0.1, 0.15) is 18.5 Å². The largest absolute Gasteiger partial charge is 0.361 e. The lowest BCUT2D eigenvalue weighted by Crippen LogP contribution is -2.12. The first-order chi connectivity index (χ1) is 6.90. The SMILES string of the molecule is CNCc1cccn1COCC1CC1. The van der Waals surface area contributed by atoms with Crippen LogP contribution in [0.2, 0.25) is 0 Å². The van der Waals surface area contributed by atoms with Crippen LogP contribution in [-0.4, -0.2) is 18.2 Å². The molecule has 0 saturated heterocycles. The van der Waals surface area contributed by atoms with Crippen LogP contribution in [0.25, 0.3) is 0 Å². The van der Waals surface area contributed by atoms with Gasteiger partial charge in [-0.1, -0.05) is 0 Å². The van der Waals surface area contributed by atoms with Crippen LogP contribution >= 0.6 is 0 Å². The fourth-order valence-electron chi connectivity index (χ4n) is 1.52. The zero-order valence-electron chi connectivity index (χ0n) is 8.70. The van der Waals surface area contributed by atoms with E-state index >= 15 is 0 Å². The highest BCUT2D eigenvalue weighted by Gasteiger charge is 2.21. The van der Waals surface area contributed by atoms with Crippen LogP contribution in [0.4, 0.5) is 0 Å². The molecule has 1 aromatic rings. The van der Waals surface area contributed by atoms with E-state index in [9.17, 15) is 0 Å². The summed E-state index contributed by atoms with van der Waals surface area (Å²) < 4.78 is 7.78. The number of nitrogens with one attached hydrogen (secondary N) is 1. The lowest BCUT2D eigenvalue weighted by atomic mass is 10.4. The molecule has 1 aromatic heterocycles. The van der Waals surface area contributed by atoms with Crippen molar-refractivity contribution in [3.05, 3.63) is 24.0 Å². The average molecular weight is 194 g/mol. The molecule has 0 aliphatic heterocycles. The maximum Gasteiger partial charge on any atom is 0.122 e. The van der Waals surface area contributed by atoms with Crippen molar-refractivity contribution in [2.24, 2.45) is 5.92 Å². The first kappa shape index (κ1) is 9.74. The Labute approximate surface area is 85.1 Å². The summed E-state index contributed by atoms with van der Waals surface area (Å²) in [5, 5.41) is 3.15. The number of hydrogen-bond acceptors (Lipinski definition) is 2. The van der Waals surface area contributed by atoms with E-state index in [-0.39, 0.29) is 0 Å². The highest BCUT2D eigenvalue weighted by atomic mass is 16.5. The molecule has 0 unspecified atom stereocenters. The monoisotopic (exact) mass is 194 g/mol. The Morgan fingerprint density at radius 1 is 1.57 bits per heavy atom. The van der Waals surface area contributed by atoms with Crippen molar-refractivity contribution in [2.75, 3.05) is 13.7 Å². The van der Waals surface area contributed by atoms with Crippen molar-refractivity contribution in [1.82, 2.24) is 9.88 Å². The van der Waals surface area contributed by atoms with Crippen molar-refractivity contribution < 1.29 is 4.74 Å². The molecule has 78 valence electrons. The van der Waals surface area contributed by atoms with Gasteiger partial charge in [-0.05, 0) is 37.9 Å². The molecular formula is C11H18N2O. The minimum atomic E-state index is 0.695. The van der Waals surface area contributed by atoms with E-state index in [1.807, 2.05) is 7.05 Å². The standard InChI is InChI=1S/C11H18N2O/c1-12-7-11-3-2-6-13(11)9-14-8-10-4-5-10/h2-3,6,10,12H,4-5,7-9H2,1H3. The van der Waals surface area contributed by atoms with Crippen LogP contribution in [-0.2, 0) is 18.0 Å². The van der Waals surface area contributed by atoms with E-state index in [0.29, 0.717) is 6.73 Å². The van der Waals surface area contributed by atoms with Gasteiger partial charge < -0.3 is 14.6 Å². The van der Waals surface area contributed by atoms with Gasteiger partial charge in [-0.15, -0.1) is 0 Å². The lowest BCUT2D eigenvalue weighted by Gasteiger charge is -2.09. The van der Waals surface area contributed by atoms with Crippen LogP contribution in [0, 0.1) is 5.92 Å². The van der Waals surface area contributed by atoms with E-state index < -0.39 is 0 Å². The molecule has 1 N–H and O–H groups in total. The molecule has 3 heteroatoms. The van der Waals surface area contributed by atoms with Gasteiger partial charge in [0.1, 0.15) is 6.73 Å². The molecule has 2 rings (SSSR count). The fraction of sp³-hybridized carbons (Fsp3) is 0.636.